The summed E-state index contributed by atoms with van der Waals surface area (Å²) in [7, 11) is 0. The maximum atomic E-state index is 11.8. The van der Waals surface area contributed by atoms with Crippen LogP contribution < -0.4 is 5.32 Å². The molecule has 0 bridgehead atoms. The molecular formula is C8H12F3NO3. The highest BCUT2D eigenvalue weighted by molar-refractivity contribution is 5.68. The maximum Gasteiger partial charge on any atom is 0.391 e. The molecule has 1 fully saturated rings. The van der Waals surface area contributed by atoms with Gasteiger partial charge in [0.1, 0.15) is 5.60 Å². The van der Waals surface area contributed by atoms with Gasteiger partial charge in [-0.3, -0.25) is 4.79 Å². The molecule has 0 aromatic heterocycles. The third-order valence-electron chi connectivity index (χ3n) is 2.16. The van der Waals surface area contributed by atoms with Crippen LogP contribution in [-0.4, -0.2) is 42.5 Å². The van der Waals surface area contributed by atoms with Gasteiger partial charge in [0.05, 0.1) is 19.4 Å². The minimum absolute atomic E-state index is 0.266. The predicted octanol–water partition coefficient (Wildman–Crippen LogP) is 0.772. The predicted molar refractivity (Wildman–Crippen MR) is 44.5 cm³/mol. The van der Waals surface area contributed by atoms with E-state index < -0.39 is 30.8 Å². The third-order valence-corrected chi connectivity index (χ3v) is 2.16. The molecule has 4 nitrogen and oxygen atoms in total. The van der Waals surface area contributed by atoms with E-state index in [0.717, 1.165) is 0 Å². The van der Waals surface area contributed by atoms with E-state index in [1.807, 2.05) is 0 Å². The van der Waals surface area contributed by atoms with Crippen molar-refractivity contribution in [1.82, 2.24) is 5.32 Å². The fraction of sp³-hybridized carbons (Fsp3) is 0.875. The second-order valence-electron chi connectivity index (χ2n) is 3.57. The second kappa shape index (κ2) is 4.36. The van der Waals surface area contributed by atoms with Crippen LogP contribution in [0.3, 0.4) is 0 Å². The van der Waals surface area contributed by atoms with Gasteiger partial charge in [-0.25, -0.2) is 0 Å². The summed E-state index contributed by atoms with van der Waals surface area (Å²) >= 11 is 0. The summed E-state index contributed by atoms with van der Waals surface area (Å²) in [6.45, 7) is 0.0901. The van der Waals surface area contributed by atoms with E-state index >= 15 is 0 Å². The van der Waals surface area contributed by atoms with Crippen molar-refractivity contribution in [1.29, 1.82) is 0 Å². The van der Waals surface area contributed by atoms with Gasteiger partial charge in [0.25, 0.3) is 0 Å². The molecule has 1 rings (SSSR count). The zero-order valence-electron chi connectivity index (χ0n) is 7.93. The zero-order valence-corrected chi connectivity index (χ0v) is 7.93. The Bertz CT molecular complexity index is 238. The van der Waals surface area contributed by atoms with E-state index in [1.54, 1.807) is 0 Å². The van der Waals surface area contributed by atoms with Gasteiger partial charge in [0.2, 0.25) is 0 Å². The van der Waals surface area contributed by atoms with E-state index in [9.17, 15) is 18.0 Å². The molecule has 1 heterocycles. The number of alkyl halides is 3. The minimum atomic E-state index is -4.26. The fourth-order valence-electron chi connectivity index (χ4n) is 1.34. The highest BCUT2D eigenvalue weighted by Crippen LogP contribution is 2.25. The minimum Gasteiger partial charge on any atom is -0.481 e. The van der Waals surface area contributed by atoms with Crippen LogP contribution in [0.25, 0.3) is 0 Å². The van der Waals surface area contributed by atoms with Gasteiger partial charge in [-0.15, -0.1) is 0 Å². The Morgan fingerprint density at radius 3 is 2.40 bits per heavy atom. The largest absolute Gasteiger partial charge is 0.481 e. The zero-order chi connectivity index (χ0) is 11.5. The molecule has 0 amide bonds. The molecule has 0 saturated carbocycles. The van der Waals surface area contributed by atoms with Crippen molar-refractivity contribution in [3.05, 3.63) is 0 Å². The first kappa shape index (κ1) is 12.3. The Morgan fingerprint density at radius 2 is 2.07 bits per heavy atom. The SMILES string of the molecule is O=C(O)CC1(OCCC(F)(F)F)CNC1. The first-order chi connectivity index (χ1) is 6.83. The molecule has 7 heteroatoms. The number of hydrogen-bond donors (Lipinski definition) is 2. The van der Waals surface area contributed by atoms with E-state index in [0.29, 0.717) is 0 Å². The number of carboxylic acids is 1. The van der Waals surface area contributed by atoms with Crippen molar-refractivity contribution in [2.45, 2.75) is 24.6 Å². The highest BCUT2D eigenvalue weighted by Gasteiger charge is 2.41. The molecule has 2 N–H and O–H groups in total. The van der Waals surface area contributed by atoms with Crippen LogP contribution in [0.15, 0.2) is 0 Å². The lowest BCUT2D eigenvalue weighted by atomic mass is 9.93. The number of carboxylic acid groups (broad SMARTS) is 1. The molecule has 0 unspecified atom stereocenters. The third kappa shape index (κ3) is 4.05. The molecule has 0 atom stereocenters. The number of nitrogens with one attached hydrogen (secondary N) is 1. The number of ether oxygens (including phenoxy) is 1. The molecule has 0 radical (unpaired) electrons. The van der Waals surface area contributed by atoms with E-state index in [-0.39, 0.29) is 19.5 Å². The first-order valence-electron chi connectivity index (χ1n) is 4.46. The number of rotatable bonds is 5. The highest BCUT2D eigenvalue weighted by atomic mass is 19.4. The van der Waals surface area contributed by atoms with Gasteiger partial charge >= 0.3 is 12.1 Å². The first-order valence-corrected chi connectivity index (χ1v) is 4.46. The van der Waals surface area contributed by atoms with Gasteiger partial charge in [-0.1, -0.05) is 0 Å². The summed E-state index contributed by atoms with van der Waals surface area (Å²) in [5.74, 6) is -1.07. The molecule has 0 aliphatic carbocycles. The molecule has 0 aromatic carbocycles. The molecule has 1 aliphatic heterocycles. The second-order valence-corrected chi connectivity index (χ2v) is 3.57. The normalized spacial score (nSPS) is 19.7. The number of aliphatic carboxylic acids is 1. The standard InChI is InChI=1S/C8H12F3NO3/c9-8(10,11)1-2-15-7(3-6(13)14)4-12-5-7/h12H,1-5H2,(H,13,14). The number of hydrogen-bond acceptors (Lipinski definition) is 3. The molecule has 15 heavy (non-hydrogen) atoms. The Labute approximate surface area is 84.4 Å². The van der Waals surface area contributed by atoms with Crippen molar-refractivity contribution in [2.75, 3.05) is 19.7 Å². The van der Waals surface area contributed by atoms with Crippen LogP contribution in [0, 0.1) is 0 Å². The van der Waals surface area contributed by atoms with Crippen LogP contribution in [-0.2, 0) is 9.53 Å². The van der Waals surface area contributed by atoms with Crippen LogP contribution in [0.1, 0.15) is 12.8 Å². The molecule has 88 valence electrons. The van der Waals surface area contributed by atoms with Crippen LogP contribution in [0.2, 0.25) is 0 Å². The molecular weight excluding hydrogens is 215 g/mol. The van der Waals surface area contributed by atoms with Crippen molar-refractivity contribution >= 4 is 5.97 Å². The van der Waals surface area contributed by atoms with Crippen LogP contribution in [0.4, 0.5) is 13.2 Å². The average Bonchev–Trinajstić information content (AvgIpc) is 1.96. The monoisotopic (exact) mass is 227 g/mol. The Morgan fingerprint density at radius 1 is 1.47 bits per heavy atom. The van der Waals surface area contributed by atoms with E-state index in [1.165, 1.54) is 0 Å². The summed E-state index contributed by atoms with van der Waals surface area (Å²) < 4.78 is 40.4. The Hall–Kier alpha value is -0.820. The van der Waals surface area contributed by atoms with Crippen LogP contribution in [0.5, 0.6) is 0 Å². The maximum absolute atomic E-state index is 11.8. The number of carbonyl (C=O) groups is 1. The quantitative estimate of drug-likeness (QED) is 0.728. The van der Waals surface area contributed by atoms with Gasteiger partial charge in [0, 0.05) is 13.1 Å². The lowest BCUT2D eigenvalue weighted by molar-refractivity contribution is -0.171. The summed E-state index contributed by atoms with van der Waals surface area (Å²) in [5.41, 5.74) is -0.947. The lowest BCUT2D eigenvalue weighted by Gasteiger charge is -2.41. The molecule has 0 spiro atoms. The van der Waals surface area contributed by atoms with Crippen molar-refractivity contribution in [3.8, 4) is 0 Å². The lowest BCUT2D eigenvalue weighted by Crippen LogP contribution is -2.62. The summed E-state index contributed by atoms with van der Waals surface area (Å²) in [6, 6.07) is 0. The van der Waals surface area contributed by atoms with E-state index in [2.05, 4.69) is 5.32 Å². The smallest absolute Gasteiger partial charge is 0.391 e. The van der Waals surface area contributed by atoms with Gasteiger partial charge in [0.15, 0.2) is 0 Å². The summed E-state index contributed by atoms with van der Waals surface area (Å²) in [6.07, 6.45) is -5.58. The van der Waals surface area contributed by atoms with Crippen LogP contribution >= 0.6 is 0 Å². The summed E-state index contributed by atoms with van der Waals surface area (Å²) in [4.78, 5) is 10.4. The molecule has 0 aromatic rings. The van der Waals surface area contributed by atoms with Crippen molar-refractivity contribution in [2.24, 2.45) is 0 Å². The molecule has 1 saturated heterocycles. The van der Waals surface area contributed by atoms with E-state index in [4.69, 9.17) is 9.84 Å². The number of halogens is 3. The topological polar surface area (TPSA) is 58.6 Å². The van der Waals surface area contributed by atoms with Crippen molar-refractivity contribution < 1.29 is 27.8 Å². The molecule has 1 aliphatic rings. The van der Waals surface area contributed by atoms with Crippen molar-refractivity contribution in [3.63, 3.8) is 0 Å². The fourth-order valence-corrected chi connectivity index (χ4v) is 1.34. The summed E-state index contributed by atoms with van der Waals surface area (Å²) in [5, 5.41) is 11.3. The Balaban J connectivity index is 2.31. The average molecular weight is 227 g/mol. The van der Waals surface area contributed by atoms with Gasteiger partial charge in [-0.2, -0.15) is 13.2 Å². The van der Waals surface area contributed by atoms with Gasteiger partial charge in [-0.05, 0) is 0 Å². The van der Waals surface area contributed by atoms with Gasteiger partial charge < -0.3 is 15.2 Å². The Kier molecular flexibility index (Phi) is 3.56.